The molecule has 0 saturated heterocycles. The van der Waals surface area contributed by atoms with E-state index in [1.54, 1.807) is 6.92 Å². The van der Waals surface area contributed by atoms with Crippen molar-refractivity contribution in [3.8, 4) is 0 Å². The van der Waals surface area contributed by atoms with Crippen LogP contribution in [0, 0.1) is 5.92 Å². The zero-order valence-electron chi connectivity index (χ0n) is 13.8. The van der Waals surface area contributed by atoms with Gasteiger partial charge in [-0.15, -0.1) is 11.3 Å². The molecule has 6 heteroatoms. The molecular weight excluding hydrogens is 312 g/mol. The number of carbonyl (C=O) groups excluding carboxylic acids is 2. The van der Waals surface area contributed by atoms with E-state index in [-0.39, 0.29) is 17.8 Å². The molecule has 1 saturated carbocycles. The predicted molar refractivity (Wildman–Crippen MR) is 90.9 cm³/mol. The van der Waals surface area contributed by atoms with Gasteiger partial charge in [-0.3, -0.25) is 4.79 Å². The fourth-order valence-electron chi connectivity index (χ4n) is 3.44. The summed E-state index contributed by atoms with van der Waals surface area (Å²) in [4.78, 5) is 28.3. The molecule has 1 aromatic heterocycles. The van der Waals surface area contributed by atoms with Crippen LogP contribution < -0.4 is 5.32 Å². The lowest BCUT2D eigenvalue weighted by Gasteiger charge is -2.22. The van der Waals surface area contributed by atoms with Crippen molar-refractivity contribution in [3.05, 3.63) is 16.0 Å². The van der Waals surface area contributed by atoms with E-state index in [1.807, 2.05) is 0 Å². The van der Waals surface area contributed by atoms with Gasteiger partial charge in [-0.05, 0) is 38.8 Å². The highest BCUT2D eigenvalue weighted by atomic mass is 32.1. The van der Waals surface area contributed by atoms with E-state index >= 15 is 0 Å². The highest BCUT2D eigenvalue weighted by molar-refractivity contribution is 7.17. The maximum atomic E-state index is 12.5. The number of likely N-dealkylation sites (N-methyl/N-ethyl adjacent to an activating group) is 1. The first kappa shape index (κ1) is 16.5. The Labute approximate surface area is 141 Å². The number of fused-ring (bicyclic) bond motifs is 1. The van der Waals surface area contributed by atoms with Crippen LogP contribution in [0.2, 0.25) is 0 Å². The number of hydrogen-bond acceptors (Lipinski definition) is 5. The summed E-state index contributed by atoms with van der Waals surface area (Å²) >= 11 is 1.53. The van der Waals surface area contributed by atoms with Crippen molar-refractivity contribution in [3.63, 3.8) is 0 Å². The van der Waals surface area contributed by atoms with Gasteiger partial charge in [0.2, 0.25) is 5.91 Å². The molecule has 5 nitrogen and oxygen atoms in total. The van der Waals surface area contributed by atoms with E-state index in [2.05, 4.69) is 17.3 Å². The second kappa shape index (κ2) is 7.01. The molecule has 1 aromatic rings. The molecule has 1 fully saturated rings. The standard InChI is InChI=1S/C17H24N2O3S/c1-3-22-17(21)14-12-8-9-19(2)10-13(12)23-16(14)18-15(20)11-6-4-5-7-11/h11H,3-10H2,1-2H3,(H,18,20). The van der Waals surface area contributed by atoms with Gasteiger partial charge in [0.25, 0.3) is 0 Å². The number of thiophene rings is 1. The van der Waals surface area contributed by atoms with Crippen molar-refractivity contribution in [1.29, 1.82) is 0 Å². The van der Waals surface area contributed by atoms with Crippen molar-refractivity contribution in [2.75, 3.05) is 25.5 Å². The second-order valence-corrected chi connectivity index (χ2v) is 7.49. The molecular formula is C17H24N2O3S. The largest absolute Gasteiger partial charge is 0.462 e. The van der Waals surface area contributed by atoms with Crippen molar-refractivity contribution < 1.29 is 14.3 Å². The number of anilines is 1. The lowest BCUT2D eigenvalue weighted by molar-refractivity contribution is -0.119. The molecule has 2 heterocycles. The normalized spacial score (nSPS) is 18.7. The number of ether oxygens (including phenoxy) is 1. The summed E-state index contributed by atoms with van der Waals surface area (Å²) in [6.45, 7) is 3.90. The Morgan fingerprint density at radius 2 is 2.09 bits per heavy atom. The SMILES string of the molecule is CCOC(=O)c1c(NC(=O)C2CCCC2)sc2c1CCN(C)C2. The summed E-state index contributed by atoms with van der Waals surface area (Å²) in [5.74, 6) is -0.164. The number of carbonyl (C=O) groups is 2. The lowest BCUT2D eigenvalue weighted by Crippen LogP contribution is -2.26. The van der Waals surface area contributed by atoms with Gasteiger partial charge >= 0.3 is 5.97 Å². The van der Waals surface area contributed by atoms with Crippen LogP contribution in [-0.4, -0.2) is 37.0 Å². The minimum absolute atomic E-state index is 0.0556. The molecule has 1 aliphatic heterocycles. The Balaban J connectivity index is 1.88. The molecule has 0 spiro atoms. The van der Waals surface area contributed by atoms with Gasteiger partial charge in [-0.1, -0.05) is 12.8 Å². The quantitative estimate of drug-likeness (QED) is 0.859. The van der Waals surface area contributed by atoms with Crippen molar-refractivity contribution in [2.45, 2.75) is 45.6 Å². The molecule has 0 bridgehead atoms. The first-order valence-corrected chi connectivity index (χ1v) is 9.22. The third kappa shape index (κ3) is 3.43. The third-order valence-corrected chi connectivity index (χ3v) is 5.82. The van der Waals surface area contributed by atoms with E-state index in [1.165, 1.54) is 16.2 Å². The van der Waals surface area contributed by atoms with Gasteiger partial charge in [0.15, 0.2) is 0 Å². The molecule has 1 amide bonds. The predicted octanol–water partition coefficient (Wildman–Crippen LogP) is 3.04. The zero-order chi connectivity index (χ0) is 16.4. The summed E-state index contributed by atoms with van der Waals surface area (Å²) in [6.07, 6.45) is 4.97. The van der Waals surface area contributed by atoms with Crippen molar-refractivity contribution in [2.24, 2.45) is 5.92 Å². The summed E-state index contributed by atoms with van der Waals surface area (Å²) in [6, 6.07) is 0. The van der Waals surface area contributed by atoms with Crippen molar-refractivity contribution in [1.82, 2.24) is 4.90 Å². The maximum Gasteiger partial charge on any atom is 0.341 e. The molecule has 0 aromatic carbocycles. The Morgan fingerprint density at radius 1 is 1.35 bits per heavy atom. The summed E-state index contributed by atoms with van der Waals surface area (Å²) in [5, 5.41) is 3.71. The number of rotatable bonds is 4. The molecule has 23 heavy (non-hydrogen) atoms. The third-order valence-electron chi connectivity index (χ3n) is 4.69. The van der Waals surface area contributed by atoms with Gasteiger partial charge in [-0.25, -0.2) is 4.79 Å². The number of nitrogens with zero attached hydrogens (tertiary/aromatic N) is 1. The van der Waals surface area contributed by atoms with Crippen LogP contribution >= 0.6 is 11.3 Å². The van der Waals surface area contributed by atoms with Gasteiger partial charge in [-0.2, -0.15) is 0 Å². The Bertz CT molecular complexity index is 605. The van der Waals surface area contributed by atoms with Crippen LogP contribution in [-0.2, 0) is 22.5 Å². The number of nitrogens with one attached hydrogen (secondary N) is 1. The van der Waals surface area contributed by atoms with Gasteiger partial charge in [0.05, 0.1) is 12.2 Å². The first-order chi connectivity index (χ1) is 11.1. The molecule has 0 radical (unpaired) electrons. The highest BCUT2D eigenvalue weighted by Crippen LogP contribution is 2.38. The average molecular weight is 336 g/mol. The Morgan fingerprint density at radius 3 is 2.78 bits per heavy atom. The summed E-state index contributed by atoms with van der Waals surface area (Å²) in [5.41, 5.74) is 1.65. The zero-order valence-corrected chi connectivity index (χ0v) is 14.6. The first-order valence-electron chi connectivity index (χ1n) is 8.41. The van der Waals surface area contributed by atoms with Crippen molar-refractivity contribution >= 4 is 28.2 Å². The van der Waals surface area contributed by atoms with Crippen LogP contribution in [0.5, 0.6) is 0 Å². The van der Waals surface area contributed by atoms with Crippen LogP contribution in [0.25, 0.3) is 0 Å². The van der Waals surface area contributed by atoms with Crippen LogP contribution in [0.15, 0.2) is 0 Å². The minimum Gasteiger partial charge on any atom is -0.462 e. The van der Waals surface area contributed by atoms with E-state index in [0.717, 1.165) is 50.8 Å². The summed E-state index contributed by atoms with van der Waals surface area (Å²) in [7, 11) is 2.07. The molecule has 2 aliphatic rings. The Hall–Kier alpha value is -1.40. The highest BCUT2D eigenvalue weighted by Gasteiger charge is 2.30. The fourth-order valence-corrected chi connectivity index (χ4v) is 4.76. The topological polar surface area (TPSA) is 58.6 Å². The molecule has 1 aliphatic carbocycles. The summed E-state index contributed by atoms with van der Waals surface area (Å²) < 4.78 is 5.23. The fraction of sp³-hybridized carbons (Fsp3) is 0.647. The smallest absolute Gasteiger partial charge is 0.341 e. The monoisotopic (exact) mass is 336 g/mol. The van der Waals surface area contributed by atoms with Crippen LogP contribution in [0.3, 0.4) is 0 Å². The Kier molecular flexibility index (Phi) is 5.02. The average Bonchev–Trinajstić information content (AvgIpc) is 3.14. The number of amides is 1. The van der Waals surface area contributed by atoms with Crippen LogP contribution in [0.4, 0.5) is 5.00 Å². The lowest BCUT2D eigenvalue weighted by atomic mass is 10.0. The minimum atomic E-state index is -0.309. The molecule has 1 N–H and O–H groups in total. The van der Waals surface area contributed by atoms with E-state index < -0.39 is 0 Å². The molecule has 3 rings (SSSR count). The van der Waals surface area contributed by atoms with Gasteiger partial charge < -0.3 is 15.0 Å². The molecule has 0 atom stereocenters. The maximum absolute atomic E-state index is 12.5. The molecule has 0 unspecified atom stereocenters. The van der Waals surface area contributed by atoms with Crippen LogP contribution in [0.1, 0.15) is 53.4 Å². The van der Waals surface area contributed by atoms with Gasteiger partial charge in [0, 0.05) is 23.9 Å². The molecule has 126 valence electrons. The van der Waals surface area contributed by atoms with Gasteiger partial charge in [0.1, 0.15) is 5.00 Å². The number of esters is 1. The number of hydrogen-bond donors (Lipinski definition) is 1. The van der Waals surface area contributed by atoms with E-state index in [9.17, 15) is 9.59 Å². The second-order valence-electron chi connectivity index (χ2n) is 6.39. The van der Waals surface area contributed by atoms with E-state index in [4.69, 9.17) is 4.74 Å². The van der Waals surface area contributed by atoms with E-state index in [0.29, 0.717) is 17.2 Å².